The van der Waals surface area contributed by atoms with E-state index in [-0.39, 0.29) is 11.5 Å². The molecule has 2 fully saturated rings. The van der Waals surface area contributed by atoms with E-state index in [1.54, 1.807) is 0 Å². The van der Waals surface area contributed by atoms with E-state index >= 15 is 0 Å². The first-order valence-electron chi connectivity index (χ1n) is 7.09. The molecule has 0 aromatic heterocycles. The molecule has 1 aliphatic heterocycles. The Morgan fingerprint density at radius 3 is 2.53 bits per heavy atom. The molecule has 0 spiro atoms. The maximum Gasteiger partial charge on any atom is 0.203 e. The van der Waals surface area contributed by atoms with Crippen LogP contribution < -0.4 is 5.32 Å². The fraction of sp³-hybridized carbons (Fsp3) is 1.00. The van der Waals surface area contributed by atoms with Gasteiger partial charge in [0.05, 0.1) is 0 Å². The number of nitrogens with one attached hydrogen (secondary N) is 1. The molecule has 4 heteroatoms. The van der Waals surface area contributed by atoms with E-state index in [0.717, 1.165) is 18.4 Å². The van der Waals surface area contributed by atoms with Crippen molar-refractivity contribution in [3.63, 3.8) is 0 Å². The lowest BCUT2D eigenvalue weighted by atomic mass is 9.80. The highest BCUT2D eigenvalue weighted by Gasteiger charge is 2.26. The highest BCUT2D eigenvalue weighted by molar-refractivity contribution is 4.84. The molecule has 4 nitrogen and oxygen atoms in total. The van der Waals surface area contributed by atoms with Crippen molar-refractivity contribution in [3.8, 4) is 0 Å². The SMILES string of the molecule is C1CCC2NCCCC2C1.CCCC[N+](=O)[O-]. The van der Waals surface area contributed by atoms with Crippen molar-refractivity contribution in [1.82, 2.24) is 5.32 Å². The van der Waals surface area contributed by atoms with Crippen molar-refractivity contribution in [2.24, 2.45) is 5.92 Å². The van der Waals surface area contributed by atoms with Crippen LogP contribution in [-0.2, 0) is 0 Å². The predicted molar refractivity (Wildman–Crippen MR) is 69.8 cm³/mol. The van der Waals surface area contributed by atoms with Crippen molar-refractivity contribution in [1.29, 1.82) is 0 Å². The summed E-state index contributed by atoms with van der Waals surface area (Å²) in [5.74, 6) is 1.04. The number of nitrogens with zero attached hydrogens (tertiary/aromatic N) is 1. The topological polar surface area (TPSA) is 55.2 Å². The fourth-order valence-corrected chi connectivity index (χ4v) is 2.76. The molecular weight excluding hydrogens is 216 g/mol. The summed E-state index contributed by atoms with van der Waals surface area (Å²) >= 11 is 0. The third kappa shape index (κ3) is 6.01. The van der Waals surface area contributed by atoms with Crippen molar-refractivity contribution < 1.29 is 4.92 Å². The monoisotopic (exact) mass is 242 g/mol. The molecule has 1 N–H and O–H groups in total. The van der Waals surface area contributed by atoms with Gasteiger partial charge in [0.15, 0.2) is 0 Å². The summed E-state index contributed by atoms with van der Waals surface area (Å²) in [5.41, 5.74) is 0. The van der Waals surface area contributed by atoms with Gasteiger partial charge in [0, 0.05) is 17.4 Å². The van der Waals surface area contributed by atoms with Crippen molar-refractivity contribution in [3.05, 3.63) is 10.1 Å². The van der Waals surface area contributed by atoms with Gasteiger partial charge < -0.3 is 5.32 Å². The van der Waals surface area contributed by atoms with Crippen LogP contribution in [0.5, 0.6) is 0 Å². The Kier molecular flexibility index (Phi) is 7.17. The van der Waals surface area contributed by atoms with Crippen LogP contribution in [0.25, 0.3) is 0 Å². The first kappa shape index (κ1) is 14.4. The summed E-state index contributed by atoms with van der Waals surface area (Å²) in [6.07, 6.45) is 10.4. The minimum atomic E-state index is -0.288. The Hall–Kier alpha value is -0.640. The van der Waals surface area contributed by atoms with Crippen molar-refractivity contribution in [2.75, 3.05) is 13.1 Å². The number of unbranched alkanes of at least 4 members (excludes halogenated alkanes) is 1. The van der Waals surface area contributed by atoms with E-state index in [0.29, 0.717) is 6.42 Å². The number of fused-ring (bicyclic) bond motifs is 1. The second-order valence-corrected chi connectivity index (χ2v) is 5.16. The van der Waals surface area contributed by atoms with Gasteiger partial charge in [-0.3, -0.25) is 10.1 Å². The summed E-state index contributed by atoms with van der Waals surface area (Å²) in [6, 6.07) is 0.905. The minimum absolute atomic E-state index is 0.122. The molecule has 1 heterocycles. The average Bonchev–Trinajstić information content (AvgIpc) is 2.37. The van der Waals surface area contributed by atoms with E-state index in [1.807, 2.05) is 6.92 Å². The molecule has 1 saturated carbocycles. The van der Waals surface area contributed by atoms with Gasteiger partial charge in [0.1, 0.15) is 0 Å². The third-order valence-electron chi connectivity index (χ3n) is 3.76. The molecule has 100 valence electrons. The molecule has 1 aliphatic carbocycles. The van der Waals surface area contributed by atoms with Crippen LogP contribution in [0.2, 0.25) is 0 Å². The highest BCUT2D eigenvalue weighted by Crippen LogP contribution is 2.30. The van der Waals surface area contributed by atoms with Gasteiger partial charge >= 0.3 is 0 Å². The van der Waals surface area contributed by atoms with Crippen LogP contribution in [0.15, 0.2) is 0 Å². The zero-order valence-corrected chi connectivity index (χ0v) is 11.0. The van der Waals surface area contributed by atoms with Gasteiger partial charge in [0.25, 0.3) is 0 Å². The smallest absolute Gasteiger partial charge is 0.203 e. The first-order valence-corrected chi connectivity index (χ1v) is 7.09. The Morgan fingerprint density at radius 2 is 1.94 bits per heavy atom. The van der Waals surface area contributed by atoms with Gasteiger partial charge in [-0.1, -0.05) is 19.8 Å². The van der Waals surface area contributed by atoms with Gasteiger partial charge in [-0.2, -0.15) is 0 Å². The summed E-state index contributed by atoms with van der Waals surface area (Å²) < 4.78 is 0. The lowest BCUT2D eigenvalue weighted by Crippen LogP contribution is -2.42. The molecule has 2 rings (SSSR count). The quantitative estimate of drug-likeness (QED) is 0.611. The van der Waals surface area contributed by atoms with Gasteiger partial charge in [-0.15, -0.1) is 0 Å². The molecule has 1 saturated heterocycles. The van der Waals surface area contributed by atoms with Crippen LogP contribution in [0.4, 0.5) is 0 Å². The second-order valence-electron chi connectivity index (χ2n) is 5.16. The summed E-state index contributed by atoms with van der Waals surface area (Å²) in [4.78, 5) is 9.28. The van der Waals surface area contributed by atoms with E-state index in [1.165, 1.54) is 45.1 Å². The minimum Gasteiger partial charge on any atom is -0.314 e. The Morgan fingerprint density at radius 1 is 1.24 bits per heavy atom. The van der Waals surface area contributed by atoms with Crippen LogP contribution in [0.1, 0.15) is 58.3 Å². The van der Waals surface area contributed by atoms with E-state index in [4.69, 9.17) is 0 Å². The standard InChI is InChI=1S/C9H17N.C4H9NO2/c1-2-6-9-8(4-1)5-3-7-10-9;1-2-3-4-5(6)7/h8-10H,1-7H2;2-4H2,1H3. The molecular formula is C13H26N2O2. The van der Waals surface area contributed by atoms with Gasteiger partial charge in [-0.25, -0.2) is 0 Å². The van der Waals surface area contributed by atoms with Crippen LogP contribution in [-0.4, -0.2) is 24.1 Å². The lowest BCUT2D eigenvalue weighted by molar-refractivity contribution is -0.480. The third-order valence-corrected chi connectivity index (χ3v) is 3.76. The molecule has 0 amide bonds. The largest absolute Gasteiger partial charge is 0.314 e. The zero-order chi connectivity index (χ0) is 12.5. The second kappa shape index (κ2) is 8.45. The molecule has 17 heavy (non-hydrogen) atoms. The van der Waals surface area contributed by atoms with E-state index < -0.39 is 0 Å². The number of piperidine rings is 1. The van der Waals surface area contributed by atoms with E-state index in [9.17, 15) is 10.1 Å². The molecule has 0 aromatic rings. The summed E-state index contributed by atoms with van der Waals surface area (Å²) in [6.45, 7) is 3.33. The molecule has 0 aromatic carbocycles. The maximum absolute atomic E-state index is 9.56. The van der Waals surface area contributed by atoms with Crippen LogP contribution in [0, 0.1) is 16.0 Å². The Balaban J connectivity index is 0.000000185. The maximum atomic E-state index is 9.56. The molecule has 2 aliphatic rings. The average molecular weight is 242 g/mol. The number of nitro groups is 1. The van der Waals surface area contributed by atoms with Crippen molar-refractivity contribution in [2.45, 2.75) is 64.3 Å². The van der Waals surface area contributed by atoms with Gasteiger partial charge in [0.2, 0.25) is 6.54 Å². The molecule has 2 atom stereocenters. The fourth-order valence-electron chi connectivity index (χ4n) is 2.76. The normalized spacial score (nSPS) is 27.6. The molecule has 0 bridgehead atoms. The predicted octanol–water partition coefficient (Wildman–Crippen LogP) is 2.99. The van der Waals surface area contributed by atoms with Gasteiger partial charge in [-0.05, 0) is 44.6 Å². The Labute approximate surface area is 104 Å². The number of hydrogen-bond acceptors (Lipinski definition) is 3. The van der Waals surface area contributed by atoms with Crippen LogP contribution >= 0.6 is 0 Å². The molecule has 2 unspecified atom stereocenters. The Bertz CT molecular complexity index is 195. The van der Waals surface area contributed by atoms with Crippen molar-refractivity contribution >= 4 is 0 Å². The summed E-state index contributed by atoms with van der Waals surface area (Å²) in [7, 11) is 0. The number of rotatable bonds is 3. The molecule has 0 radical (unpaired) electrons. The zero-order valence-electron chi connectivity index (χ0n) is 11.0. The number of hydrogen-bond donors (Lipinski definition) is 1. The lowest BCUT2D eigenvalue weighted by Gasteiger charge is -2.36. The first-order chi connectivity index (χ1) is 8.24. The highest BCUT2D eigenvalue weighted by atomic mass is 16.6. The summed E-state index contributed by atoms with van der Waals surface area (Å²) in [5, 5.41) is 13.2. The van der Waals surface area contributed by atoms with E-state index in [2.05, 4.69) is 5.32 Å². The van der Waals surface area contributed by atoms with Crippen LogP contribution in [0.3, 0.4) is 0 Å².